The van der Waals surface area contributed by atoms with E-state index in [0.717, 1.165) is 14.9 Å². The predicted molar refractivity (Wildman–Crippen MR) is 86.2 cm³/mol. The maximum absolute atomic E-state index is 12.5. The molecule has 1 aromatic carbocycles. The number of likely N-dealkylation sites (N-methyl/N-ethyl adjacent to an activating group) is 1. The van der Waals surface area contributed by atoms with Crippen LogP contribution in [-0.4, -0.2) is 34.1 Å². The zero-order chi connectivity index (χ0) is 19.8. The summed E-state index contributed by atoms with van der Waals surface area (Å²) < 4.78 is 57.6. The van der Waals surface area contributed by atoms with Crippen molar-refractivity contribution in [1.82, 2.24) is 0 Å². The maximum atomic E-state index is 12.5. The second-order valence-corrected chi connectivity index (χ2v) is 9.27. The van der Waals surface area contributed by atoms with Gasteiger partial charge >= 0.3 is 7.60 Å². The van der Waals surface area contributed by atoms with Crippen molar-refractivity contribution in [3.05, 3.63) is 40.4 Å². The zero-order valence-corrected chi connectivity index (χ0v) is 17.9. The summed E-state index contributed by atoms with van der Waals surface area (Å²) in [5, 5.41) is 0.512. The lowest BCUT2D eigenvalue weighted by molar-refractivity contribution is -2.00. The Morgan fingerprint density at radius 2 is 1.60 bits per heavy atom. The number of benzene rings is 1. The summed E-state index contributed by atoms with van der Waals surface area (Å²) in [6.07, 6.45) is 1.72. The van der Waals surface area contributed by atoms with Crippen LogP contribution in [0.2, 0.25) is 0 Å². The number of quaternary nitrogens is 1. The Kier molecular flexibility index (Phi) is 10.9. The average Bonchev–Trinajstić information content (AvgIpc) is 2.50. The molecule has 0 aliphatic heterocycles. The van der Waals surface area contributed by atoms with Crippen molar-refractivity contribution in [3.63, 3.8) is 0 Å². The highest BCUT2D eigenvalue weighted by molar-refractivity contribution is 9.10. The molecule has 0 saturated heterocycles. The molecular weight excluding hydrogens is 464 g/mol. The van der Waals surface area contributed by atoms with Crippen molar-refractivity contribution in [3.8, 4) is 0 Å². The second kappa shape index (κ2) is 11.0. The van der Waals surface area contributed by atoms with Gasteiger partial charge in [0.1, 0.15) is 0 Å². The minimum atomic E-state index is -4.94. The number of hydrogen-bond acceptors (Lipinski definition) is 7. The molecule has 0 amide bonds. The Morgan fingerprint density at radius 3 is 1.92 bits per heavy atom. The van der Waals surface area contributed by atoms with Gasteiger partial charge in [0.05, 0.1) is 19.1 Å². The summed E-state index contributed by atoms with van der Waals surface area (Å²) in [7, 11) is -1.68. The first kappa shape index (κ1) is 25.0. The molecule has 0 spiro atoms. The first-order valence-corrected chi connectivity index (χ1v) is 10.6. The minimum Gasteiger partial charge on any atom is -0.324 e. The third-order valence-electron chi connectivity index (χ3n) is 2.87. The Balaban J connectivity index is 0.00000101. The molecular formula is C13H19BrCl2NO7P. The van der Waals surface area contributed by atoms with Gasteiger partial charge in [-0.15, -0.1) is 10.2 Å². The highest BCUT2D eigenvalue weighted by atomic mass is 79.9. The molecule has 0 bridgehead atoms. The fraction of sp³-hybridized carbons (Fsp3) is 0.385. The Bertz CT molecular complexity index is 593. The van der Waals surface area contributed by atoms with E-state index in [1.54, 1.807) is 6.08 Å². The second-order valence-electron chi connectivity index (χ2n) is 4.83. The average molecular weight is 483 g/mol. The van der Waals surface area contributed by atoms with Crippen molar-refractivity contribution in [2.45, 2.75) is 5.78 Å². The fourth-order valence-corrected chi connectivity index (χ4v) is 3.89. The maximum Gasteiger partial charge on any atom is 0.391 e. The van der Waals surface area contributed by atoms with Crippen molar-refractivity contribution < 1.29 is 47.4 Å². The minimum absolute atomic E-state index is 0.478. The van der Waals surface area contributed by atoms with Gasteiger partial charge in [-0.2, -0.15) is 0 Å². The van der Waals surface area contributed by atoms with Gasteiger partial charge in [-0.05, 0) is 17.7 Å². The third-order valence-corrected chi connectivity index (χ3v) is 6.10. The van der Waals surface area contributed by atoms with Gasteiger partial charge in [0.2, 0.25) is 5.78 Å². The monoisotopic (exact) mass is 481 g/mol. The third kappa shape index (κ3) is 10.0. The molecule has 0 aliphatic rings. The van der Waals surface area contributed by atoms with Crippen molar-refractivity contribution in [1.29, 1.82) is 0 Å². The van der Waals surface area contributed by atoms with Gasteiger partial charge < -0.3 is 13.9 Å². The lowest BCUT2D eigenvalue weighted by Crippen LogP contribution is -3.09. The van der Waals surface area contributed by atoms with Crippen molar-refractivity contribution in [2.75, 3.05) is 28.3 Å². The molecule has 8 nitrogen and oxygen atoms in total. The van der Waals surface area contributed by atoms with Gasteiger partial charge in [0.25, 0.3) is 0 Å². The van der Waals surface area contributed by atoms with E-state index in [4.69, 9.17) is 39.3 Å². The number of hydrogen-bond donors (Lipinski definition) is 1. The molecule has 1 rings (SSSR count). The highest BCUT2D eigenvalue weighted by Crippen LogP contribution is 2.50. The smallest absolute Gasteiger partial charge is 0.324 e. The van der Waals surface area contributed by atoms with E-state index in [0.29, 0.717) is 5.03 Å². The van der Waals surface area contributed by atoms with E-state index < -0.39 is 23.6 Å². The van der Waals surface area contributed by atoms with Crippen LogP contribution in [0.1, 0.15) is 5.56 Å². The topological polar surface area (TPSA) is 132 Å². The van der Waals surface area contributed by atoms with Crippen LogP contribution in [0, 0.1) is 10.2 Å². The summed E-state index contributed by atoms with van der Waals surface area (Å²) in [4.78, 5) is 0.910. The quantitative estimate of drug-likeness (QED) is 0.474. The molecule has 0 heterocycles. The van der Waals surface area contributed by atoms with E-state index >= 15 is 0 Å². The van der Waals surface area contributed by atoms with E-state index in [-0.39, 0.29) is 0 Å². The highest BCUT2D eigenvalue weighted by Gasteiger charge is 2.38. The first-order valence-electron chi connectivity index (χ1n) is 6.60. The SMILES string of the molecule is COP(=O)(OC)C(C=C(Cl)c1ccc(Br)cc1)[NH+](C)C.[O-][Cl+3]([O-])([O-])[O-]. The Morgan fingerprint density at radius 1 is 1.20 bits per heavy atom. The standard InChI is InChI=1S/C13H18BrClNO3P.ClHO4/c1-16(2)13(20(17,18-3)19-4)9-12(15)10-5-7-11(14)8-6-10;2-1(3,4)5/h5-9,13H,1-4H3;(H,2,3,4,5). The first-order chi connectivity index (χ1) is 11.3. The molecule has 144 valence electrons. The molecule has 0 saturated carbocycles. The van der Waals surface area contributed by atoms with Gasteiger partial charge in [-0.3, -0.25) is 4.57 Å². The fourth-order valence-electron chi connectivity index (χ4n) is 1.72. The molecule has 1 atom stereocenters. The van der Waals surface area contributed by atoms with Crippen LogP contribution in [-0.2, 0) is 13.6 Å². The number of rotatable bonds is 6. The van der Waals surface area contributed by atoms with Gasteiger partial charge in [-0.1, -0.05) is 39.7 Å². The van der Waals surface area contributed by atoms with E-state index in [1.165, 1.54) is 14.2 Å². The Hall–Kier alpha value is -0.0300. The summed E-state index contributed by atoms with van der Waals surface area (Å²) in [6.45, 7) is 0. The van der Waals surface area contributed by atoms with Crippen LogP contribution in [0.4, 0.5) is 0 Å². The van der Waals surface area contributed by atoms with Crippen LogP contribution in [0.25, 0.3) is 5.03 Å². The lowest BCUT2D eigenvalue weighted by Gasteiger charge is -2.24. The Labute approximate surface area is 162 Å². The van der Waals surface area contributed by atoms with Crippen LogP contribution in [0.15, 0.2) is 34.8 Å². The van der Waals surface area contributed by atoms with Gasteiger partial charge in [0.15, 0.2) is 0 Å². The summed E-state index contributed by atoms with van der Waals surface area (Å²) in [5.74, 6) is -0.478. The van der Waals surface area contributed by atoms with Crippen molar-refractivity contribution in [2.24, 2.45) is 0 Å². The molecule has 1 N–H and O–H groups in total. The van der Waals surface area contributed by atoms with E-state index in [1.807, 2.05) is 38.4 Å². The largest absolute Gasteiger partial charge is 0.391 e. The molecule has 1 unspecified atom stereocenters. The van der Waals surface area contributed by atoms with E-state index in [9.17, 15) is 4.57 Å². The molecule has 25 heavy (non-hydrogen) atoms. The molecule has 0 radical (unpaired) electrons. The normalized spacial score (nSPS) is 14.1. The molecule has 0 fully saturated rings. The molecule has 0 aliphatic carbocycles. The van der Waals surface area contributed by atoms with Crippen LogP contribution < -0.4 is 23.5 Å². The van der Waals surface area contributed by atoms with Crippen LogP contribution >= 0.6 is 35.1 Å². The molecule has 0 aromatic heterocycles. The molecule has 12 heteroatoms. The van der Waals surface area contributed by atoms with Gasteiger partial charge in [-0.25, -0.2) is 18.6 Å². The number of nitrogens with one attached hydrogen (secondary N) is 1. The van der Waals surface area contributed by atoms with E-state index in [2.05, 4.69) is 15.9 Å². The predicted octanol–water partition coefficient (Wildman–Crippen LogP) is -1.77. The molecule has 1 aromatic rings. The lowest BCUT2D eigenvalue weighted by atomic mass is 10.2. The summed E-state index contributed by atoms with van der Waals surface area (Å²) in [5.41, 5.74) is 0.847. The summed E-state index contributed by atoms with van der Waals surface area (Å²) >= 11 is 9.69. The number of halogens is 3. The summed E-state index contributed by atoms with van der Waals surface area (Å²) in [6, 6.07) is 7.57. The van der Waals surface area contributed by atoms with Crippen molar-refractivity contribution >= 4 is 40.2 Å². The van der Waals surface area contributed by atoms with Crippen LogP contribution in [0.3, 0.4) is 0 Å². The zero-order valence-electron chi connectivity index (χ0n) is 13.9. The van der Waals surface area contributed by atoms with Gasteiger partial charge in [0, 0.05) is 24.8 Å². The van der Waals surface area contributed by atoms with Crippen LogP contribution in [0.5, 0.6) is 0 Å².